The highest BCUT2D eigenvalue weighted by Gasteiger charge is 2.21. The Morgan fingerprint density at radius 2 is 2.00 bits per heavy atom. The molecule has 1 aliphatic rings. The van der Waals surface area contributed by atoms with E-state index < -0.39 is 0 Å². The maximum Gasteiger partial charge on any atom is 0.321 e. The van der Waals surface area contributed by atoms with Crippen LogP contribution in [0.25, 0.3) is 0 Å². The summed E-state index contributed by atoms with van der Waals surface area (Å²) in [6.07, 6.45) is 0. The highest BCUT2D eigenvalue weighted by Crippen LogP contribution is 2.21. The van der Waals surface area contributed by atoms with E-state index in [1.165, 1.54) is 0 Å². The molecule has 6 heteroatoms. The molecule has 1 fully saturated rings. The molecule has 0 aliphatic carbocycles. The number of anilines is 1. The maximum atomic E-state index is 12.2. The van der Waals surface area contributed by atoms with Crippen LogP contribution in [0.1, 0.15) is 0 Å². The summed E-state index contributed by atoms with van der Waals surface area (Å²) in [5.74, 6) is 0. The lowest BCUT2D eigenvalue weighted by Gasteiger charge is -2.34. The molecule has 2 amide bonds. The number of hydrogen-bond acceptors (Lipinski definition) is 3. The number of carbonyl (C=O) groups excluding carboxylic acids is 1. The number of nitrogens with zero attached hydrogens (tertiary/aromatic N) is 2. The molecule has 1 aliphatic heterocycles. The molecule has 0 saturated carbocycles. The minimum absolute atomic E-state index is 0.0386. The summed E-state index contributed by atoms with van der Waals surface area (Å²) >= 11 is 3.43. The minimum atomic E-state index is -0.0386. The van der Waals surface area contributed by atoms with Gasteiger partial charge in [-0.15, -0.1) is 0 Å². The van der Waals surface area contributed by atoms with Crippen molar-refractivity contribution in [3.05, 3.63) is 28.7 Å². The highest BCUT2D eigenvalue weighted by atomic mass is 79.9. The average molecular weight is 342 g/mol. The van der Waals surface area contributed by atoms with Crippen LogP contribution in [-0.2, 0) is 4.74 Å². The van der Waals surface area contributed by atoms with Crippen molar-refractivity contribution in [1.82, 2.24) is 9.80 Å². The van der Waals surface area contributed by atoms with Crippen molar-refractivity contribution in [2.45, 2.75) is 0 Å². The van der Waals surface area contributed by atoms with Crippen LogP contribution in [0.2, 0.25) is 0 Å². The van der Waals surface area contributed by atoms with Crippen LogP contribution in [0, 0.1) is 0 Å². The number of para-hydroxylation sites is 1. The Kier molecular flexibility index (Phi) is 5.82. The SMILES string of the molecule is COCCN1CCN(C(=O)Nc2ccccc2Br)CC1. The van der Waals surface area contributed by atoms with Gasteiger partial charge in [-0.25, -0.2) is 4.79 Å². The summed E-state index contributed by atoms with van der Waals surface area (Å²) < 4.78 is 5.97. The van der Waals surface area contributed by atoms with Crippen LogP contribution in [-0.4, -0.2) is 62.3 Å². The van der Waals surface area contributed by atoms with Crippen molar-refractivity contribution in [3.63, 3.8) is 0 Å². The van der Waals surface area contributed by atoms with Gasteiger partial charge in [-0.1, -0.05) is 12.1 Å². The molecule has 0 spiro atoms. The van der Waals surface area contributed by atoms with E-state index in [-0.39, 0.29) is 6.03 Å². The number of rotatable bonds is 4. The lowest BCUT2D eigenvalue weighted by molar-refractivity contribution is 0.109. The van der Waals surface area contributed by atoms with E-state index in [2.05, 4.69) is 26.1 Å². The van der Waals surface area contributed by atoms with E-state index in [4.69, 9.17) is 4.74 Å². The first-order valence-corrected chi connectivity index (χ1v) is 7.52. The predicted molar refractivity (Wildman–Crippen MR) is 83.0 cm³/mol. The minimum Gasteiger partial charge on any atom is -0.383 e. The molecule has 0 atom stereocenters. The third-order valence-electron chi connectivity index (χ3n) is 3.39. The number of benzene rings is 1. The molecule has 110 valence electrons. The topological polar surface area (TPSA) is 44.8 Å². The number of carbonyl (C=O) groups is 1. The second-order valence-electron chi connectivity index (χ2n) is 4.73. The molecule has 1 aromatic carbocycles. The largest absolute Gasteiger partial charge is 0.383 e. The van der Waals surface area contributed by atoms with Gasteiger partial charge in [0.25, 0.3) is 0 Å². The van der Waals surface area contributed by atoms with Crippen molar-refractivity contribution in [1.29, 1.82) is 0 Å². The number of ether oxygens (including phenoxy) is 1. The van der Waals surface area contributed by atoms with Crippen molar-refractivity contribution in [2.24, 2.45) is 0 Å². The molecular weight excluding hydrogens is 322 g/mol. The molecular formula is C14H20BrN3O2. The van der Waals surface area contributed by atoms with Gasteiger partial charge in [0.05, 0.1) is 12.3 Å². The fraction of sp³-hybridized carbons (Fsp3) is 0.500. The van der Waals surface area contributed by atoms with Crippen LogP contribution in [0.4, 0.5) is 10.5 Å². The lowest BCUT2D eigenvalue weighted by Crippen LogP contribution is -2.50. The van der Waals surface area contributed by atoms with Crippen LogP contribution in [0.15, 0.2) is 28.7 Å². The first-order chi connectivity index (χ1) is 9.70. The Labute approximate surface area is 128 Å². The second-order valence-corrected chi connectivity index (χ2v) is 5.59. The zero-order chi connectivity index (χ0) is 14.4. The monoisotopic (exact) mass is 341 g/mol. The second kappa shape index (κ2) is 7.61. The van der Waals surface area contributed by atoms with Gasteiger partial charge in [-0.2, -0.15) is 0 Å². The van der Waals surface area contributed by atoms with Crippen molar-refractivity contribution >= 4 is 27.6 Å². The van der Waals surface area contributed by atoms with Gasteiger partial charge in [-0.05, 0) is 28.1 Å². The fourth-order valence-corrected chi connectivity index (χ4v) is 2.54. The molecule has 1 heterocycles. The molecule has 0 radical (unpaired) electrons. The Balaban J connectivity index is 1.82. The smallest absolute Gasteiger partial charge is 0.321 e. The number of hydrogen-bond donors (Lipinski definition) is 1. The molecule has 0 unspecified atom stereocenters. The van der Waals surface area contributed by atoms with E-state index in [0.29, 0.717) is 0 Å². The summed E-state index contributed by atoms with van der Waals surface area (Å²) in [6.45, 7) is 4.96. The van der Waals surface area contributed by atoms with Crippen LogP contribution < -0.4 is 5.32 Å². The summed E-state index contributed by atoms with van der Waals surface area (Å²) in [4.78, 5) is 16.4. The summed E-state index contributed by atoms with van der Waals surface area (Å²) in [7, 11) is 1.71. The summed E-state index contributed by atoms with van der Waals surface area (Å²) in [5, 5.41) is 2.93. The van der Waals surface area contributed by atoms with E-state index >= 15 is 0 Å². The molecule has 1 saturated heterocycles. The van der Waals surface area contributed by atoms with Gasteiger partial charge in [0.15, 0.2) is 0 Å². The van der Waals surface area contributed by atoms with Gasteiger partial charge in [0, 0.05) is 44.3 Å². The number of halogens is 1. The third kappa shape index (κ3) is 4.19. The quantitative estimate of drug-likeness (QED) is 0.913. The normalized spacial score (nSPS) is 16.2. The zero-order valence-electron chi connectivity index (χ0n) is 11.6. The van der Waals surface area contributed by atoms with E-state index in [0.717, 1.165) is 49.5 Å². The van der Waals surface area contributed by atoms with Crippen LogP contribution >= 0.6 is 15.9 Å². The van der Waals surface area contributed by atoms with Crippen molar-refractivity contribution < 1.29 is 9.53 Å². The standard InChI is InChI=1S/C14H20BrN3O2/c1-20-11-10-17-6-8-18(9-7-17)14(19)16-13-5-3-2-4-12(13)15/h2-5H,6-11H2,1H3,(H,16,19). The average Bonchev–Trinajstić information content (AvgIpc) is 2.48. The van der Waals surface area contributed by atoms with Gasteiger partial charge in [0.1, 0.15) is 0 Å². The Hall–Kier alpha value is -1.11. The molecule has 5 nitrogen and oxygen atoms in total. The van der Waals surface area contributed by atoms with Gasteiger partial charge in [-0.3, -0.25) is 4.90 Å². The molecule has 2 rings (SSSR count). The fourth-order valence-electron chi connectivity index (χ4n) is 2.15. The Bertz CT molecular complexity index is 448. The van der Waals surface area contributed by atoms with Crippen LogP contribution in [0.3, 0.4) is 0 Å². The van der Waals surface area contributed by atoms with Crippen molar-refractivity contribution in [2.75, 3.05) is 51.8 Å². The van der Waals surface area contributed by atoms with E-state index in [1.54, 1.807) is 7.11 Å². The lowest BCUT2D eigenvalue weighted by atomic mass is 10.3. The number of nitrogens with one attached hydrogen (secondary N) is 1. The molecule has 20 heavy (non-hydrogen) atoms. The molecule has 0 aromatic heterocycles. The first-order valence-electron chi connectivity index (χ1n) is 6.72. The maximum absolute atomic E-state index is 12.2. The molecule has 0 bridgehead atoms. The molecule has 1 N–H and O–H groups in total. The van der Waals surface area contributed by atoms with E-state index in [9.17, 15) is 4.79 Å². The molecule has 1 aromatic rings. The Morgan fingerprint density at radius 3 is 2.65 bits per heavy atom. The van der Waals surface area contributed by atoms with Crippen LogP contribution in [0.5, 0.6) is 0 Å². The summed E-state index contributed by atoms with van der Waals surface area (Å²) in [6, 6.07) is 7.59. The van der Waals surface area contributed by atoms with Crippen molar-refractivity contribution in [3.8, 4) is 0 Å². The number of urea groups is 1. The highest BCUT2D eigenvalue weighted by molar-refractivity contribution is 9.10. The van der Waals surface area contributed by atoms with Gasteiger partial charge < -0.3 is 15.0 Å². The zero-order valence-corrected chi connectivity index (χ0v) is 13.2. The summed E-state index contributed by atoms with van der Waals surface area (Å²) in [5.41, 5.74) is 0.805. The predicted octanol–water partition coefficient (Wildman–Crippen LogP) is 2.25. The first kappa shape index (κ1) is 15.3. The number of methoxy groups -OCH3 is 1. The van der Waals surface area contributed by atoms with Gasteiger partial charge in [0.2, 0.25) is 0 Å². The van der Waals surface area contributed by atoms with E-state index in [1.807, 2.05) is 29.2 Å². The number of amides is 2. The number of piperazine rings is 1. The van der Waals surface area contributed by atoms with Gasteiger partial charge >= 0.3 is 6.03 Å². The third-order valence-corrected chi connectivity index (χ3v) is 4.08. The Morgan fingerprint density at radius 1 is 1.30 bits per heavy atom.